The van der Waals surface area contributed by atoms with Crippen molar-refractivity contribution >= 4 is 22.7 Å². The summed E-state index contributed by atoms with van der Waals surface area (Å²) in [5, 5.41) is 10.1. The monoisotopic (exact) mass is 519 g/mol. The first-order chi connectivity index (χ1) is 18.2. The van der Waals surface area contributed by atoms with Gasteiger partial charge in [-0.2, -0.15) is 5.26 Å². The second kappa shape index (κ2) is 10.2. The lowest BCUT2D eigenvalue weighted by Gasteiger charge is -2.37. The van der Waals surface area contributed by atoms with Gasteiger partial charge in [-0.25, -0.2) is 8.78 Å². The lowest BCUT2D eigenvalue weighted by atomic mass is 10.1. The van der Waals surface area contributed by atoms with E-state index in [1.165, 1.54) is 4.90 Å². The standard InChI is InChI=1S/C29H31F2N5O2/c1-20(2)33-12-14-35(15-13-33)27(37)22-6-7-25-23(17-22)18-26(28(38)34-10-8-29(30,31)9-11-34)36(25)24-5-3-4-21(16-24)19-32/h3-7,16-18,20H,8-15H2,1-2H3. The van der Waals surface area contributed by atoms with Crippen LogP contribution in [0.15, 0.2) is 48.5 Å². The molecule has 3 aromatic rings. The van der Waals surface area contributed by atoms with Crippen LogP contribution in [0, 0.1) is 11.3 Å². The van der Waals surface area contributed by atoms with Crippen molar-refractivity contribution in [3.05, 3.63) is 65.4 Å². The second-order valence-electron chi connectivity index (χ2n) is 10.4. The highest BCUT2D eigenvalue weighted by molar-refractivity contribution is 6.03. The van der Waals surface area contributed by atoms with E-state index in [9.17, 15) is 23.6 Å². The molecule has 9 heteroatoms. The number of aromatic nitrogens is 1. The number of carbonyl (C=O) groups is 2. The normalized spacial score (nSPS) is 18.1. The minimum absolute atomic E-state index is 0.0301. The number of carbonyl (C=O) groups excluding carboxylic acids is 2. The molecule has 2 saturated heterocycles. The number of rotatable bonds is 4. The van der Waals surface area contributed by atoms with Crippen LogP contribution in [0.25, 0.3) is 16.6 Å². The van der Waals surface area contributed by atoms with Gasteiger partial charge in [0.2, 0.25) is 0 Å². The summed E-state index contributed by atoms with van der Waals surface area (Å²) in [5.74, 6) is -3.17. The number of piperidine rings is 1. The van der Waals surface area contributed by atoms with Crippen molar-refractivity contribution in [1.29, 1.82) is 5.26 Å². The molecule has 1 aromatic heterocycles. The molecule has 0 radical (unpaired) electrons. The summed E-state index contributed by atoms with van der Waals surface area (Å²) in [5.41, 5.74) is 2.61. The number of hydrogen-bond donors (Lipinski definition) is 0. The predicted octanol–water partition coefficient (Wildman–Crippen LogP) is 4.54. The number of hydrogen-bond acceptors (Lipinski definition) is 4. The van der Waals surface area contributed by atoms with E-state index in [2.05, 4.69) is 24.8 Å². The quantitative estimate of drug-likeness (QED) is 0.508. The Kier molecular flexibility index (Phi) is 6.93. The van der Waals surface area contributed by atoms with Crippen LogP contribution in [0.3, 0.4) is 0 Å². The zero-order valence-electron chi connectivity index (χ0n) is 21.7. The molecule has 7 nitrogen and oxygen atoms in total. The number of nitrogens with zero attached hydrogens (tertiary/aromatic N) is 5. The van der Waals surface area contributed by atoms with E-state index in [1.54, 1.807) is 47.0 Å². The summed E-state index contributed by atoms with van der Waals surface area (Å²) in [6.45, 7) is 7.19. The van der Waals surface area contributed by atoms with Gasteiger partial charge < -0.3 is 14.4 Å². The third kappa shape index (κ3) is 5.01. The fourth-order valence-corrected chi connectivity index (χ4v) is 5.32. The van der Waals surface area contributed by atoms with Crippen LogP contribution in [0.2, 0.25) is 0 Å². The van der Waals surface area contributed by atoms with Gasteiger partial charge in [0.15, 0.2) is 0 Å². The van der Waals surface area contributed by atoms with Gasteiger partial charge in [0.05, 0.1) is 17.1 Å². The average Bonchev–Trinajstić information content (AvgIpc) is 3.31. The highest BCUT2D eigenvalue weighted by atomic mass is 19.3. The Morgan fingerprint density at radius 3 is 2.24 bits per heavy atom. The van der Waals surface area contributed by atoms with E-state index in [0.29, 0.717) is 52.5 Å². The molecule has 0 saturated carbocycles. The fraction of sp³-hybridized carbons (Fsp3) is 0.414. The van der Waals surface area contributed by atoms with Crippen molar-refractivity contribution in [2.75, 3.05) is 39.3 Å². The van der Waals surface area contributed by atoms with Gasteiger partial charge in [0.25, 0.3) is 17.7 Å². The summed E-state index contributed by atoms with van der Waals surface area (Å²) >= 11 is 0. The van der Waals surface area contributed by atoms with E-state index in [1.807, 2.05) is 11.0 Å². The lowest BCUT2D eigenvalue weighted by molar-refractivity contribution is -0.0495. The molecule has 0 bridgehead atoms. The van der Waals surface area contributed by atoms with E-state index >= 15 is 0 Å². The molecule has 0 unspecified atom stereocenters. The number of likely N-dealkylation sites (tertiary alicyclic amines) is 1. The van der Waals surface area contributed by atoms with Crippen LogP contribution in [0.4, 0.5) is 8.78 Å². The molecule has 0 atom stereocenters. The van der Waals surface area contributed by atoms with E-state index in [-0.39, 0.29) is 37.7 Å². The minimum Gasteiger partial charge on any atom is -0.337 e. The molecule has 0 aliphatic carbocycles. The number of fused-ring (bicyclic) bond motifs is 1. The predicted molar refractivity (Wildman–Crippen MR) is 141 cm³/mol. The zero-order valence-corrected chi connectivity index (χ0v) is 21.7. The van der Waals surface area contributed by atoms with Crippen LogP contribution < -0.4 is 0 Å². The third-order valence-corrected chi connectivity index (χ3v) is 7.62. The second-order valence-corrected chi connectivity index (χ2v) is 10.4. The van der Waals surface area contributed by atoms with Crippen molar-refractivity contribution < 1.29 is 18.4 Å². The summed E-state index contributed by atoms with van der Waals surface area (Å²) < 4.78 is 29.3. The van der Waals surface area contributed by atoms with Gasteiger partial charge in [-0.3, -0.25) is 14.5 Å². The maximum absolute atomic E-state index is 13.8. The number of benzene rings is 2. The number of amides is 2. The fourth-order valence-electron chi connectivity index (χ4n) is 5.32. The molecule has 0 N–H and O–H groups in total. The third-order valence-electron chi connectivity index (χ3n) is 7.62. The number of halogens is 2. The Balaban J connectivity index is 1.51. The smallest absolute Gasteiger partial charge is 0.270 e. The maximum atomic E-state index is 13.8. The summed E-state index contributed by atoms with van der Waals surface area (Å²) in [4.78, 5) is 32.6. The maximum Gasteiger partial charge on any atom is 0.270 e. The molecule has 3 heterocycles. The minimum atomic E-state index is -2.76. The lowest BCUT2D eigenvalue weighted by Crippen LogP contribution is -2.50. The molecule has 2 fully saturated rings. The van der Waals surface area contributed by atoms with Crippen LogP contribution in [-0.4, -0.2) is 82.3 Å². The number of alkyl halides is 2. The summed E-state index contributed by atoms with van der Waals surface area (Å²) in [6.07, 6.45) is -0.739. The van der Waals surface area contributed by atoms with Gasteiger partial charge in [0, 0.05) is 74.8 Å². The first-order valence-electron chi connectivity index (χ1n) is 13.0. The molecule has 2 amide bonds. The van der Waals surface area contributed by atoms with Crippen molar-refractivity contribution in [3.63, 3.8) is 0 Å². The highest BCUT2D eigenvalue weighted by Gasteiger charge is 2.36. The molecular formula is C29H31F2N5O2. The van der Waals surface area contributed by atoms with Crippen molar-refractivity contribution in [3.8, 4) is 11.8 Å². The van der Waals surface area contributed by atoms with Gasteiger partial charge in [-0.15, -0.1) is 0 Å². The largest absolute Gasteiger partial charge is 0.337 e. The Bertz CT molecular complexity index is 1410. The van der Waals surface area contributed by atoms with E-state index < -0.39 is 5.92 Å². The topological polar surface area (TPSA) is 72.6 Å². The first-order valence-corrected chi connectivity index (χ1v) is 13.0. The van der Waals surface area contributed by atoms with Gasteiger partial charge in [-0.1, -0.05) is 6.07 Å². The SMILES string of the molecule is CC(C)N1CCN(C(=O)c2ccc3c(c2)cc(C(=O)N2CCC(F)(F)CC2)n3-c2cccc(C#N)c2)CC1. The number of nitriles is 1. The van der Waals surface area contributed by atoms with Gasteiger partial charge in [0.1, 0.15) is 5.69 Å². The van der Waals surface area contributed by atoms with Crippen molar-refractivity contribution in [2.24, 2.45) is 0 Å². The Morgan fingerprint density at radius 2 is 1.58 bits per heavy atom. The molecule has 2 aliphatic heterocycles. The van der Waals surface area contributed by atoms with Crippen LogP contribution >= 0.6 is 0 Å². The number of piperazine rings is 1. The zero-order chi connectivity index (χ0) is 27.0. The van der Waals surface area contributed by atoms with Gasteiger partial charge in [-0.05, 0) is 56.3 Å². The van der Waals surface area contributed by atoms with Gasteiger partial charge >= 0.3 is 0 Å². The van der Waals surface area contributed by atoms with Crippen LogP contribution in [0.5, 0.6) is 0 Å². The summed E-state index contributed by atoms with van der Waals surface area (Å²) in [6, 6.07) is 16.6. The van der Waals surface area contributed by atoms with E-state index in [4.69, 9.17) is 0 Å². The first kappa shape index (κ1) is 25.9. The molecule has 0 spiro atoms. The molecule has 5 rings (SSSR count). The molecule has 38 heavy (non-hydrogen) atoms. The molecular weight excluding hydrogens is 488 g/mol. The Morgan fingerprint density at radius 1 is 0.895 bits per heavy atom. The van der Waals surface area contributed by atoms with E-state index in [0.717, 1.165) is 13.1 Å². The Hall–Kier alpha value is -3.77. The Labute approximate surface area is 220 Å². The van der Waals surface area contributed by atoms with Crippen LogP contribution in [-0.2, 0) is 0 Å². The molecule has 2 aliphatic rings. The molecule has 198 valence electrons. The summed E-state index contributed by atoms with van der Waals surface area (Å²) in [7, 11) is 0. The van der Waals surface area contributed by atoms with Crippen LogP contribution in [0.1, 0.15) is 53.1 Å². The van der Waals surface area contributed by atoms with Crippen molar-refractivity contribution in [2.45, 2.75) is 38.7 Å². The molecule has 2 aromatic carbocycles. The van der Waals surface area contributed by atoms with Crippen molar-refractivity contribution in [1.82, 2.24) is 19.3 Å². The highest BCUT2D eigenvalue weighted by Crippen LogP contribution is 2.31. The average molecular weight is 520 g/mol.